The number of benzene rings is 2. The molecule has 0 fully saturated rings. The van der Waals surface area contributed by atoms with Gasteiger partial charge >= 0.3 is 5.97 Å². The van der Waals surface area contributed by atoms with E-state index in [1.54, 1.807) is 12.1 Å². The average Bonchev–Trinajstić information content (AvgIpc) is 2.48. The number of rotatable bonds is 6. The molecular formula is C16H16N2O3. The Morgan fingerprint density at radius 3 is 2.57 bits per heavy atom. The molecule has 5 heteroatoms. The second-order valence-corrected chi connectivity index (χ2v) is 4.60. The Hall–Kier alpha value is -2.82. The highest BCUT2D eigenvalue weighted by Crippen LogP contribution is 2.16. The van der Waals surface area contributed by atoms with Crippen LogP contribution in [0.5, 0.6) is 0 Å². The van der Waals surface area contributed by atoms with Gasteiger partial charge in [0.2, 0.25) is 0 Å². The van der Waals surface area contributed by atoms with Crippen molar-refractivity contribution in [1.82, 2.24) is 0 Å². The zero-order valence-electron chi connectivity index (χ0n) is 11.4. The van der Waals surface area contributed by atoms with Gasteiger partial charge in [0.05, 0.1) is 11.4 Å². The molecular weight excluding hydrogens is 268 g/mol. The number of nitrogens with one attached hydrogen (secondary N) is 1. The maximum absolute atomic E-state index is 11.4. The molecule has 0 atom stereocenters. The number of nitrogen functional groups attached to an aromatic ring is 1. The van der Waals surface area contributed by atoms with Crippen LogP contribution in [0.1, 0.15) is 15.9 Å². The quantitative estimate of drug-likeness (QED) is 0.429. The van der Waals surface area contributed by atoms with Crippen LogP contribution < -0.4 is 11.1 Å². The van der Waals surface area contributed by atoms with Gasteiger partial charge in [-0.15, -0.1) is 0 Å². The van der Waals surface area contributed by atoms with Crippen molar-refractivity contribution in [1.29, 1.82) is 0 Å². The molecule has 0 aliphatic rings. The predicted molar refractivity (Wildman–Crippen MR) is 81.5 cm³/mol. The van der Waals surface area contributed by atoms with Crippen molar-refractivity contribution >= 4 is 23.1 Å². The number of Topliss-reactive ketones (excluding diaryl/α,β-unsaturated/α-hetero) is 1. The Balaban J connectivity index is 1.98. The molecule has 0 aliphatic heterocycles. The van der Waals surface area contributed by atoms with Gasteiger partial charge in [0.25, 0.3) is 5.78 Å². The topological polar surface area (TPSA) is 92.4 Å². The number of para-hydroxylation sites is 2. The molecule has 0 unspecified atom stereocenters. The zero-order chi connectivity index (χ0) is 15.2. The number of carboxylic acid groups (broad SMARTS) is 1. The zero-order valence-corrected chi connectivity index (χ0v) is 11.4. The molecule has 108 valence electrons. The van der Waals surface area contributed by atoms with Crippen LogP contribution in [0.3, 0.4) is 0 Å². The minimum atomic E-state index is -1.44. The third-order valence-corrected chi connectivity index (χ3v) is 3.07. The normalized spacial score (nSPS) is 10.1. The van der Waals surface area contributed by atoms with Gasteiger partial charge in [-0.3, -0.25) is 4.79 Å². The first-order valence-electron chi connectivity index (χ1n) is 6.53. The third kappa shape index (κ3) is 3.82. The Morgan fingerprint density at radius 1 is 1.10 bits per heavy atom. The van der Waals surface area contributed by atoms with Crippen LogP contribution in [0.25, 0.3) is 0 Å². The SMILES string of the molecule is Nc1ccccc1NCCc1cccc(C(=O)C(=O)O)c1. The summed E-state index contributed by atoms with van der Waals surface area (Å²) in [6.45, 7) is 0.638. The van der Waals surface area contributed by atoms with Gasteiger partial charge in [0, 0.05) is 12.1 Å². The Labute approximate surface area is 122 Å². The molecule has 2 aromatic carbocycles. The van der Waals surface area contributed by atoms with Gasteiger partial charge in [-0.2, -0.15) is 0 Å². The Bertz CT molecular complexity index is 668. The molecule has 0 amide bonds. The summed E-state index contributed by atoms with van der Waals surface area (Å²) in [6, 6.07) is 14.1. The number of hydrogen-bond donors (Lipinski definition) is 3. The summed E-state index contributed by atoms with van der Waals surface area (Å²) in [7, 11) is 0. The van der Waals surface area contributed by atoms with Crippen LogP contribution >= 0.6 is 0 Å². The fourth-order valence-corrected chi connectivity index (χ4v) is 1.99. The standard InChI is InChI=1S/C16H16N2O3/c17-13-6-1-2-7-14(13)18-9-8-11-4-3-5-12(10-11)15(19)16(20)21/h1-7,10,18H,8-9,17H2,(H,20,21). The lowest BCUT2D eigenvalue weighted by Gasteiger charge is -2.09. The number of ketones is 1. The van der Waals surface area contributed by atoms with Gasteiger partial charge in [0.1, 0.15) is 0 Å². The Kier molecular flexibility index (Phi) is 4.56. The highest BCUT2D eigenvalue weighted by Gasteiger charge is 2.14. The highest BCUT2D eigenvalue weighted by atomic mass is 16.4. The molecule has 0 aliphatic carbocycles. The van der Waals surface area contributed by atoms with Crippen molar-refractivity contribution in [3.05, 3.63) is 59.7 Å². The maximum atomic E-state index is 11.4. The molecule has 0 heterocycles. The molecule has 0 bridgehead atoms. The molecule has 0 radical (unpaired) electrons. The van der Waals surface area contributed by atoms with Crippen molar-refractivity contribution in [3.8, 4) is 0 Å². The van der Waals surface area contributed by atoms with E-state index >= 15 is 0 Å². The highest BCUT2D eigenvalue weighted by molar-refractivity contribution is 6.39. The van der Waals surface area contributed by atoms with E-state index in [1.807, 2.05) is 30.3 Å². The van der Waals surface area contributed by atoms with E-state index in [0.29, 0.717) is 18.7 Å². The van der Waals surface area contributed by atoms with E-state index in [2.05, 4.69) is 5.32 Å². The number of carbonyl (C=O) groups excluding carboxylic acids is 1. The first-order chi connectivity index (χ1) is 10.1. The van der Waals surface area contributed by atoms with Gasteiger partial charge in [-0.05, 0) is 30.2 Å². The van der Waals surface area contributed by atoms with E-state index in [4.69, 9.17) is 10.8 Å². The fourth-order valence-electron chi connectivity index (χ4n) is 1.99. The minimum Gasteiger partial charge on any atom is -0.475 e. The number of nitrogens with two attached hydrogens (primary N) is 1. The predicted octanol–water partition coefficient (Wildman–Crippen LogP) is 2.19. The Morgan fingerprint density at radius 2 is 1.86 bits per heavy atom. The summed E-state index contributed by atoms with van der Waals surface area (Å²) in [5, 5.41) is 11.9. The molecule has 21 heavy (non-hydrogen) atoms. The van der Waals surface area contributed by atoms with Gasteiger partial charge in [-0.25, -0.2) is 4.79 Å². The average molecular weight is 284 g/mol. The lowest BCUT2D eigenvalue weighted by molar-refractivity contribution is -0.131. The van der Waals surface area contributed by atoms with Gasteiger partial charge < -0.3 is 16.2 Å². The number of hydrogen-bond acceptors (Lipinski definition) is 4. The summed E-state index contributed by atoms with van der Waals surface area (Å²) in [6.07, 6.45) is 0.662. The summed E-state index contributed by atoms with van der Waals surface area (Å²) >= 11 is 0. The van der Waals surface area contributed by atoms with Crippen molar-refractivity contribution in [3.63, 3.8) is 0 Å². The van der Waals surface area contributed by atoms with E-state index < -0.39 is 11.8 Å². The number of carbonyl (C=O) groups is 2. The van der Waals surface area contributed by atoms with Crippen LogP contribution in [0.4, 0.5) is 11.4 Å². The van der Waals surface area contributed by atoms with Crippen LogP contribution in [0.2, 0.25) is 0 Å². The summed E-state index contributed by atoms with van der Waals surface area (Å²) < 4.78 is 0. The van der Waals surface area contributed by atoms with Crippen LogP contribution in [0, 0.1) is 0 Å². The van der Waals surface area contributed by atoms with Crippen molar-refractivity contribution in [2.75, 3.05) is 17.6 Å². The summed E-state index contributed by atoms with van der Waals surface area (Å²) in [5.41, 5.74) is 8.44. The molecule has 0 aromatic heterocycles. The first-order valence-corrected chi connectivity index (χ1v) is 6.53. The lowest BCUT2D eigenvalue weighted by atomic mass is 10.1. The monoisotopic (exact) mass is 284 g/mol. The molecule has 5 nitrogen and oxygen atoms in total. The molecule has 0 saturated heterocycles. The van der Waals surface area contributed by atoms with Crippen molar-refractivity contribution in [2.45, 2.75) is 6.42 Å². The molecule has 2 aromatic rings. The number of aliphatic carboxylic acids is 1. The number of anilines is 2. The maximum Gasteiger partial charge on any atom is 0.377 e. The van der Waals surface area contributed by atoms with E-state index in [1.165, 1.54) is 6.07 Å². The molecule has 0 spiro atoms. The third-order valence-electron chi connectivity index (χ3n) is 3.07. The van der Waals surface area contributed by atoms with E-state index in [0.717, 1.165) is 11.3 Å². The number of carboxylic acids is 1. The second-order valence-electron chi connectivity index (χ2n) is 4.60. The van der Waals surface area contributed by atoms with Crippen molar-refractivity contribution in [2.24, 2.45) is 0 Å². The first kappa shape index (κ1) is 14.6. The van der Waals surface area contributed by atoms with Crippen LogP contribution in [-0.2, 0) is 11.2 Å². The molecule has 4 N–H and O–H groups in total. The fraction of sp³-hybridized carbons (Fsp3) is 0.125. The minimum absolute atomic E-state index is 0.194. The van der Waals surface area contributed by atoms with Gasteiger partial charge in [-0.1, -0.05) is 30.3 Å². The van der Waals surface area contributed by atoms with E-state index in [-0.39, 0.29) is 5.56 Å². The van der Waals surface area contributed by atoms with Gasteiger partial charge in [0.15, 0.2) is 0 Å². The van der Waals surface area contributed by atoms with Crippen LogP contribution in [0.15, 0.2) is 48.5 Å². The summed E-state index contributed by atoms with van der Waals surface area (Å²) in [4.78, 5) is 22.1. The van der Waals surface area contributed by atoms with E-state index in [9.17, 15) is 9.59 Å². The van der Waals surface area contributed by atoms with Crippen LogP contribution in [-0.4, -0.2) is 23.4 Å². The van der Waals surface area contributed by atoms with Crippen molar-refractivity contribution < 1.29 is 14.7 Å². The molecule has 2 rings (SSSR count). The largest absolute Gasteiger partial charge is 0.475 e. The lowest BCUT2D eigenvalue weighted by Crippen LogP contribution is -2.13. The smallest absolute Gasteiger partial charge is 0.377 e. The summed E-state index contributed by atoms with van der Waals surface area (Å²) in [5.74, 6) is -2.33. The molecule has 0 saturated carbocycles. The second kappa shape index (κ2) is 6.56.